The fourth-order valence-electron chi connectivity index (χ4n) is 1.60. The summed E-state index contributed by atoms with van der Waals surface area (Å²) in [6.45, 7) is 3.66. The van der Waals surface area contributed by atoms with E-state index in [9.17, 15) is 9.18 Å². The maximum atomic E-state index is 12.9. The molecule has 0 fully saturated rings. The van der Waals surface area contributed by atoms with E-state index in [4.69, 9.17) is 0 Å². The summed E-state index contributed by atoms with van der Waals surface area (Å²) in [5, 5.41) is 0. The molecule has 0 aliphatic heterocycles. The monoisotopic (exact) mass is 346 g/mol. The minimum atomic E-state index is -0.295. The number of benzene rings is 1. The number of halogens is 2. The SMILES string of the molecule is C=CCCCCCC(=O)c1ccc(F)cc1I. The van der Waals surface area contributed by atoms with Gasteiger partial charge in [0, 0.05) is 15.6 Å². The summed E-state index contributed by atoms with van der Waals surface area (Å²) in [5.41, 5.74) is 0.635. The van der Waals surface area contributed by atoms with Crippen molar-refractivity contribution < 1.29 is 9.18 Å². The minimum Gasteiger partial charge on any atom is -0.294 e. The molecule has 92 valence electrons. The van der Waals surface area contributed by atoms with E-state index in [1.165, 1.54) is 12.1 Å². The van der Waals surface area contributed by atoms with Crippen LogP contribution in [0.25, 0.3) is 0 Å². The average Bonchev–Trinajstić information content (AvgIpc) is 2.28. The Morgan fingerprint density at radius 3 is 2.76 bits per heavy atom. The van der Waals surface area contributed by atoms with Crippen LogP contribution in [0.5, 0.6) is 0 Å². The van der Waals surface area contributed by atoms with Crippen LogP contribution in [0.1, 0.15) is 42.5 Å². The van der Waals surface area contributed by atoms with Crippen LogP contribution in [-0.4, -0.2) is 5.78 Å². The van der Waals surface area contributed by atoms with Crippen LogP contribution in [0, 0.1) is 9.39 Å². The molecule has 0 aliphatic carbocycles. The van der Waals surface area contributed by atoms with Crippen molar-refractivity contribution in [1.82, 2.24) is 0 Å². The van der Waals surface area contributed by atoms with Crippen LogP contribution in [0.2, 0.25) is 0 Å². The van der Waals surface area contributed by atoms with E-state index in [1.54, 1.807) is 6.07 Å². The molecule has 17 heavy (non-hydrogen) atoms. The number of Topliss-reactive ketones (excluding diaryl/α,β-unsaturated/α-hetero) is 1. The third kappa shape index (κ3) is 4.98. The molecule has 0 aromatic heterocycles. The van der Waals surface area contributed by atoms with Crippen molar-refractivity contribution in [3.8, 4) is 0 Å². The number of rotatable bonds is 7. The molecule has 0 heterocycles. The first-order chi connectivity index (χ1) is 8.15. The second kappa shape index (κ2) is 7.58. The van der Waals surface area contributed by atoms with Gasteiger partial charge in [0.2, 0.25) is 0 Å². The van der Waals surface area contributed by atoms with Crippen LogP contribution in [-0.2, 0) is 0 Å². The van der Waals surface area contributed by atoms with Gasteiger partial charge < -0.3 is 0 Å². The van der Waals surface area contributed by atoms with Gasteiger partial charge in [-0.3, -0.25) is 4.79 Å². The van der Waals surface area contributed by atoms with Crippen molar-refractivity contribution in [3.05, 3.63) is 45.8 Å². The Hall–Kier alpha value is -0.710. The topological polar surface area (TPSA) is 17.1 Å². The number of hydrogen-bond acceptors (Lipinski definition) is 1. The van der Waals surface area contributed by atoms with Gasteiger partial charge in [0.15, 0.2) is 5.78 Å². The molecule has 0 saturated heterocycles. The second-order valence-electron chi connectivity index (χ2n) is 3.94. The van der Waals surface area contributed by atoms with Crippen LogP contribution in [0.15, 0.2) is 30.9 Å². The molecule has 3 heteroatoms. The summed E-state index contributed by atoms with van der Waals surface area (Å²) >= 11 is 2.00. The highest BCUT2D eigenvalue weighted by Gasteiger charge is 2.10. The fourth-order valence-corrected chi connectivity index (χ4v) is 2.38. The summed E-state index contributed by atoms with van der Waals surface area (Å²) in [6.07, 6.45) is 6.44. The lowest BCUT2D eigenvalue weighted by Crippen LogP contribution is -2.02. The lowest BCUT2D eigenvalue weighted by Gasteiger charge is -2.03. The zero-order valence-electron chi connectivity index (χ0n) is 9.72. The van der Waals surface area contributed by atoms with E-state index in [-0.39, 0.29) is 11.6 Å². The zero-order chi connectivity index (χ0) is 12.7. The van der Waals surface area contributed by atoms with Crippen molar-refractivity contribution in [2.24, 2.45) is 0 Å². The Morgan fingerprint density at radius 1 is 1.35 bits per heavy atom. The van der Waals surface area contributed by atoms with Gasteiger partial charge in [-0.25, -0.2) is 4.39 Å². The molecule has 0 amide bonds. The first-order valence-electron chi connectivity index (χ1n) is 5.74. The third-order valence-electron chi connectivity index (χ3n) is 2.54. The maximum absolute atomic E-state index is 12.9. The number of hydrogen-bond donors (Lipinski definition) is 0. The molecule has 0 radical (unpaired) electrons. The van der Waals surface area contributed by atoms with Gasteiger partial charge in [-0.15, -0.1) is 6.58 Å². The van der Waals surface area contributed by atoms with Crippen LogP contribution in [0.4, 0.5) is 4.39 Å². The summed E-state index contributed by atoms with van der Waals surface area (Å²) < 4.78 is 13.6. The van der Waals surface area contributed by atoms with Crippen molar-refractivity contribution in [1.29, 1.82) is 0 Å². The Labute approximate surface area is 115 Å². The van der Waals surface area contributed by atoms with Gasteiger partial charge in [-0.2, -0.15) is 0 Å². The fraction of sp³-hybridized carbons (Fsp3) is 0.357. The minimum absolute atomic E-state index is 0.105. The molecule has 1 rings (SSSR count). The second-order valence-corrected chi connectivity index (χ2v) is 5.10. The molecule has 0 spiro atoms. The van der Waals surface area contributed by atoms with E-state index >= 15 is 0 Å². The lowest BCUT2D eigenvalue weighted by atomic mass is 10.0. The molecule has 1 nitrogen and oxygen atoms in total. The van der Waals surface area contributed by atoms with Crippen molar-refractivity contribution >= 4 is 28.4 Å². The maximum Gasteiger partial charge on any atom is 0.163 e. The predicted molar refractivity (Wildman–Crippen MR) is 76.7 cm³/mol. The first-order valence-corrected chi connectivity index (χ1v) is 6.82. The number of carbonyl (C=O) groups is 1. The molecule has 1 aromatic rings. The standard InChI is InChI=1S/C14H16FIO/c1-2-3-4-5-6-7-14(17)12-9-8-11(15)10-13(12)16/h2,8-10H,1,3-7H2. The Balaban J connectivity index is 2.44. The van der Waals surface area contributed by atoms with Gasteiger partial charge in [0.1, 0.15) is 5.82 Å². The number of allylic oxidation sites excluding steroid dienone is 1. The van der Waals surface area contributed by atoms with E-state index in [2.05, 4.69) is 6.58 Å². The van der Waals surface area contributed by atoms with Crippen molar-refractivity contribution in [2.75, 3.05) is 0 Å². The normalized spacial score (nSPS) is 10.2. The highest BCUT2D eigenvalue weighted by atomic mass is 127. The first kappa shape index (κ1) is 14.4. The van der Waals surface area contributed by atoms with E-state index in [0.29, 0.717) is 15.6 Å². The molecule has 0 saturated carbocycles. The van der Waals surface area contributed by atoms with E-state index in [0.717, 1.165) is 25.7 Å². The van der Waals surface area contributed by atoms with Gasteiger partial charge in [0.25, 0.3) is 0 Å². The molecule has 0 atom stereocenters. The zero-order valence-corrected chi connectivity index (χ0v) is 11.9. The van der Waals surface area contributed by atoms with Crippen LogP contribution in [0.3, 0.4) is 0 Å². The van der Waals surface area contributed by atoms with Gasteiger partial charge in [-0.1, -0.05) is 12.5 Å². The van der Waals surface area contributed by atoms with Gasteiger partial charge >= 0.3 is 0 Å². The van der Waals surface area contributed by atoms with E-state index < -0.39 is 0 Å². The summed E-state index contributed by atoms with van der Waals surface area (Å²) in [7, 11) is 0. The Morgan fingerprint density at radius 2 is 2.12 bits per heavy atom. The Kier molecular flexibility index (Phi) is 6.40. The van der Waals surface area contributed by atoms with Gasteiger partial charge in [0.05, 0.1) is 0 Å². The van der Waals surface area contributed by atoms with Crippen molar-refractivity contribution in [3.63, 3.8) is 0 Å². The summed E-state index contributed by atoms with van der Waals surface area (Å²) in [4.78, 5) is 11.9. The molecule has 1 aromatic carbocycles. The highest BCUT2D eigenvalue weighted by molar-refractivity contribution is 14.1. The third-order valence-corrected chi connectivity index (χ3v) is 3.44. The highest BCUT2D eigenvalue weighted by Crippen LogP contribution is 2.17. The smallest absolute Gasteiger partial charge is 0.163 e. The molecular weight excluding hydrogens is 330 g/mol. The van der Waals surface area contributed by atoms with Crippen molar-refractivity contribution in [2.45, 2.75) is 32.1 Å². The van der Waals surface area contributed by atoms with Gasteiger partial charge in [-0.05, 0) is 60.1 Å². The molecule has 0 aliphatic rings. The lowest BCUT2D eigenvalue weighted by molar-refractivity contribution is 0.0978. The van der Waals surface area contributed by atoms with E-state index in [1.807, 2.05) is 28.7 Å². The number of ketones is 1. The molecule has 0 unspecified atom stereocenters. The predicted octanol–water partition coefficient (Wildman–Crippen LogP) is 4.75. The number of carbonyl (C=O) groups excluding carboxylic acids is 1. The molecule has 0 N–H and O–H groups in total. The summed E-state index contributed by atoms with van der Waals surface area (Å²) in [6, 6.07) is 4.31. The summed E-state index contributed by atoms with van der Waals surface area (Å²) in [5.74, 6) is -0.190. The molecule has 0 bridgehead atoms. The quantitative estimate of drug-likeness (QED) is 0.301. The largest absolute Gasteiger partial charge is 0.294 e. The van der Waals surface area contributed by atoms with Crippen LogP contribution < -0.4 is 0 Å². The van der Waals surface area contributed by atoms with Crippen LogP contribution >= 0.6 is 22.6 Å². The molecular formula is C14H16FIO. The average molecular weight is 346 g/mol. The number of unbranched alkanes of at least 4 members (excludes halogenated alkanes) is 3. The Bertz CT molecular complexity index is 401.